The Morgan fingerprint density at radius 1 is 1.36 bits per heavy atom. The lowest BCUT2D eigenvalue weighted by molar-refractivity contribution is -0.192. The first-order chi connectivity index (χ1) is 10.2. The molecule has 1 heterocycles. The van der Waals surface area contributed by atoms with Crippen LogP contribution in [0.15, 0.2) is 18.2 Å². The second-order valence-corrected chi connectivity index (χ2v) is 4.33. The number of halogens is 3. The third-order valence-corrected chi connectivity index (χ3v) is 2.48. The maximum atomic E-state index is 10.9. The van der Waals surface area contributed by atoms with E-state index in [1.165, 1.54) is 6.92 Å². The van der Waals surface area contributed by atoms with Crippen molar-refractivity contribution in [2.75, 3.05) is 18.5 Å². The highest BCUT2D eigenvalue weighted by molar-refractivity contribution is 5.88. The van der Waals surface area contributed by atoms with Crippen LogP contribution in [0.25, 0.3) is 0 Å². The van der Waals surface area contributed by atoms with E-state index in [1.54, 1.807) is 0 Å². The number of rotatable bonds is 1. The first-order valence-corrected chi connectivity index (χ1v) is 6.24. The van der Waals surface area contributed by atoms with Gasteiger partial charge in [0.05, 0.1) is 0 Å². The van der Waals surface area contributed by atoms with Crippen LogP contribution in [0.3, 0.4) is 0 Å². The van der Waals surface area contributed by atoms with Gasteiger partial charge in [-0.15, -0.1) is 0 Å². The Morgan fingerprint density at radius 2 is 2.00 bits per heavy atom. The second-order valence-electron chi connectivity index (χ2n) is 4.33. The lowest BCUT2D eigenvalue weighted by atomic mass is 10.1. The van der Waals surface area contributed by atoms with Crippen LogP contribution < -0.4 is 15.4 Å². The molecule has 1 aromatic carbocycles. The smallest absolute Gasteiger partial charge is 0.490 e. The van der Waals surface area contributed by atoms with Crippen LogP contribution in [0, 0.1) is 0 Å². The standard InChI is InChI=1S/C11H14N2O2.C2HF3O2/c1-8(14)13-10-2-3-11-9(6-10)7-12-4-5-15-11;3-2(4,5)1(6)7/h2-3,6,12H,4-5,7H2,1H3,(H,13,14);(H,6,7). The summed E-state index contributed by atoms with van der Waals surface area (Å²) in [5, 5.41) is 13.1. The van der Waals surface area contributed by atoms with Gasteiger partial charge in [0.15, 0.2) is 0 Å². The van der Waals surface area contributed by atoms with Crippen molar-refractivity contribution < 1.29 is 32.6 Å². The van der Waals surface area contributed by atoms with Crippen molar-refractivity contribution in [3.63, 3.8) is 0 Å². The molecule has 0 saturated carbocycles. The molecular weight excluding hydrogens is 305 g/mol. The minimum absolute atomic E-state index is 0.0579. The molecule has 0 unspecified atom stereocenters. The highest BCUT2D eigenvalue weighted by atomic mass is 19.4. The monoisotopic (exact) mass is 320 g/mol. The van der Waals surface area contributed by atoms with Crippen molar-refractivity contribution in [3.8, 4) is 5.75 Å². The van der Waals surface area contributed by atoms with Gasteiger partial charge < -0.3 is 20.5 Å². The van der Waals surface area contributed by atoms with Crippen LogP contribution in [-0.4, -0.2) is 36.3 Å². The molecule has 0 aliphatic carbocycles. The van der Waals surface area contributed by atoms with Gasteiger partial charge in [0.2, 0.25) is 5.91 Å². The number of benzene rings is 1. The minimum Gasteiger partial charge on any atom is -0.492 e. The molecule has 0 fully saturated rings. The third-order valence-electron chi connectivity index (χ3n) is 2.48. The van der Waals surface area contributed by atoms with Gasteiger partial charge in [0.25, 0.3) is 0 Å². The number of aliphatic carboxylic acids is 1. The molecular formula is C13H15F3N2O4. The van der Waals surface area contributed by atoms with Gasteiger partial charge in [-0.05, 0) is 18.2 Å². The lowest BCUT2D eigenvalue weighted by Crippen LogP contribution is -2.21. The van der Waals surface area contributed by atoms with Crippen molar-refractivity contribution in [3.05, 3.63) is 23.8 Å². The SMILES string of the molecule is CC(=O)Nc1ccc2c(c1)CNCCO2.O=C(O)C(F)(F)F. The zero-order chi connectivity index (χ0) is 16.8. The number of fused-ring (bicyclic) bond motifs is 1. The number of hydrogen-bond donors (Lipinski definition) is 3. The first kappa shape index (κ1) is 17.8. The van der Waals surface area contributed by atoms with Crippen LogP contribution >= 0.6 is 0 Å². The second kappa shape index (κ2) is 7.64. The Bertz CT molecular complexity index is 547. The van der Waals surface area contributed by atoms with Gasteiger partial charge >= 0.3 is 12.1 Å². The molecule has 0 aromatic heterocycles. The summed E-state index contributed by atoms with van der Waals surface area (Å²) >= 11 is 0. The predicted octanol–water partition coefficient (Wildman–Crippen LogP) is 1.76. The maximum absolute atomic E-state index is 10.9. The Hall–Kier alpha value is -2.29. The molecule has 1 aromatic rings. The maximum Gasteiger partial charge on any atom is 0.490 e. The van der Waals surface area contributed by atoms with Gasteiger partial charge in [-0.3, -0.25) is 4.79 Å². The van der Waals surface area contributed by atoms with Crippen LogP contribution in [0.4, 0.5) is 18.9 Å². The molecule has 0 spiro atoms. The van der Waals surface area contributed by atoms with Crippen LogP contribution in [-0.2, 0) is 16.1 Å². The Labute approximate surface area is 124 Å². The number of anilines is 1. The molecule has 122 valence electrons. The summed E-state index contributed by atoms with van der Waals surface area (Å²) in [6, 6.07) is 5.69. The zero-order valence-electron chi connectivity index (χ0n) is 11.7. The van der Waals surface area contributed by atoms with E-state index in [2.05, 4.69) is 10.6 Å². The van der Waals surface area contributed by atoms with E-state index >= 15 is 0 Å². The molecule has 0 bridgehead atoms. The van der Waals surface area contributed by atoms with Gasteiger partial charge in [-0.2, -0.15) is 13.2 Å². The van der Waals surface area contributed by atoms with Crippen LogP contribution in [0.1, 0.15) is 12.5 Å². The first-order valence-electron chi connectivity index (χ1n) is 6.24. The van der Waals surface area contributed by atoms with Crippen LogP contribution in [0.5, 0.6) is 5.75 Å². The molecule has 0 saturated heterocycles. The molecule has 22 heavy (non-hydrogen) atoms. The normalized spacial score (nSPS) is 13.6. The van der Waals surface area contributed by atoms with E-state index in [-0.39, 0.29) is 5.91 Å². The highest BCUT2D eigenvalue weighted by Crippen LogP contribution is 2.23. The summed E-state index contributed by atoms with van der Waals surface area (Å²) in [5.74, 6) is -1.92. The van der Waals surface area contributed by atoms with E-state index in [4.69, 9.17) is 14.6 Å². The number of ether oxygens (including phenoxy) is 1. The van der Waals surface area contributed by atoms with Crippen molar-refractivity contribution in [2.45, 2.75) is 19.6 Å². The molecule has 1 aliphatic heterocycles. The number of carboxylic acid groups (broad SMARTS) is 1. The Morgan fingerprint density at radius 3 is 2.55 bits per heavy atom. The molecule has 3 N–H and O–H groups in total. The molecule has 9 heteroatoms. The van der Waals surface area contributed by atoms with Crippen LogP contribution in [0.2, 0.25) is 0 Å². The van der Waals surface area contributed by atoms with E-state index in [9.17, 15) is 18.0 Å². The number of alkyl halides is 3. The largest absolute Gasteiger partial charge is 0.492 e. The summed E-state index contributed by atoms with van der Waals surface area (Å²) < 4.78 is 37.3. The zero-order valence-corrected chi connectivity index (χ0v) is 11.7. The number of carbonyl (C=O) groups excluding carboxylic acids is 1. The van der Waals surface area contributed by atoms with Crippen molar-refractivity contribution >= 4 is 17.6 Å². The number of carboxylic acids is 1. The number of nitrogens with one attached hydrogen (secondary N) is 2. The van der Waals surface area contributed by atoms with Gasteiger partial charge in [-0.25, -0.2) is 4.79 Å². The fourth-order valence-corrected chi connectivity index (χ4v) is 1.60. The Balaban J connectivity index is 0.000000295. The third kappa shape index (κ3) is 6.00. The van der Waals surface area contributed by atoms with Gasteiger partial charge in [0.1, 0.15) is 12.4 Å². The van der Waals surface area contributed by atoms with E-state index in [0.717, 1.165) is 30.1 Å². The van der Waals surface area contributed by atoms with Gasteiger partial charge in [0, 0.05) is 31.3 Å². The molecule has 2 rings (SSSR count). The highest BCUT2D eigenvalue weighted by Gasteiger charge is 2.38. The number of amides is 1. The fourth-order valence-electron chi connectivity index (χ4n) is 1.60. The summed E-state index contributed by atoms with van der Waals surface area (Å²) in [7, 11) is 0. The fraction of sp³-hybridized carbons (Fsp3) is 0.385. The lowest BCUT2D eigenvalue weighted by Gasteiger charge is -2.08. The van der Waals surface area contributed by atoms with Crippen molar-refractivity contribution in [1.29, 1.82) is 0 Å². The average Bonchev–Trinajstić information content (AvgIpc) is 2.62. The summed E-state index contributed by atoms with van der Waals surface area (Å²) in [6.07, 6.45) is -5.08. The minimum atomic E-state index is -5.08. The molecule has 1 aliphatic rings. The Kier molecular flexibility index (Phi) is 6.17. The predicted molar refractivity (Wildman–Crippen MR) is 71.6 cm³/mol. The number of hydrogen-bond acceptors (Lipinski definition) is 4. The summed E-state index contributed by atoms with van der Waals surface area (Å²) in [5.41, 5.74) is 1.90. The van der Waals surface area contributed by atoms with Gasteiger partial charge in [-0.1, -0.05) is 0 Å². The van der Waals surface area contributed by atoms with Crippen molar-refractivity contribution in [2.24, 2.45) is 0 Å². The quantitative estimate of drug-likeness (QED) is 0.734. The summed E-state index contributed by atoms with van der Waals surface area (Å²) in [6.45, 7) is 3.82. The number of carbonyl (C=O) groups is 2. The summed E-state index contributed by atoms with van der Waals surface area (Å²) in [4.78, 5) is 19.8. The molecule has 0 radical (unpaired) electrons. The van der Waals surface area contributed by atoms with E-state index in [0.29, 0.717) is 6.61 Å². The van der Waals surface area contributed by atoms with E-state index in [1.807, 2.05) is 18.2 Å². The van der Waals surface area contributed by atoms with E-state index < -0.39 is 12.1 Å². The molecule has 6 nitrogen and oxygen atoms in total. The topological polar surface area (TPSA) is 87.7 Å². The van der Waals surface area contributed by atoms with Crippen molar-refractivity contribution in [1.82, 2.24) is 5.32 Å². The average molecular weight is 320 g/mol. The molecule has 0 atom stereocenters. The molecule has 1 amide bonds.